The normalized spacial score (nSPS) is 10.8. The molecule has 8 nitrogen and oxygen atoms in total. The third-order valence-corrected chi connectivity index (χ3v) is 2.17. The van der Waals surface area contributed by atoms with Crippen molar-refractivity contribution in [1.29, 1.82) is 0 Å². The molecule has 0 saturated heterocycles. The van der Waals surface area contributed by atoms with E-state index in [1.807, 2.05) is 0 Å². The van der Waals surface area contributed by atoms with Crippen LogP contribution in [-0.4, -0.2) is 38.6 Å². The summed E-state index contributed by atoms with van der Waals surface area (Å²) < 4.78 is 5.22. The summed E-state index contributed by atoms with van der Waals surface area (Å²) in [4.78, 5) is 42.2. The molecule has 1 heterocycles. The van der Waals surface area contributed by atoms with Gasteiger partial charge in [0.25, 0.3) is 0 Å². The van der Waals surface area contributed by atoms with Crippen LogP contribution < -0.4 is 4.90 Å². The molecule has 2 amide bonds. The second-order valence-corrected chi connectivity index (χ2v) is 5.44. The zero-order valence-corrected chi connectivity index (χ0v) is 12.5. The van der Waals surface area contributed by atoms with Crippen LogP contribution in [0, 0.1) is 0 Å². The molecule has 0 atom stereocenters. The van der Waals surface area contributed by atoms with E-state index in [2.05, 4.69) is 25.9 Å². The van der Waals surface area contributed by atoms with Crippen molar-refractivity contribution < 1.29 is 24.2 Å². The van der Waals surface area contributed by atoms with Crippen molar-refractivity contribution in [1.82, 2.24) is 9.97 Å². The van der Waals surface area contributed by atoms with Crippen LogP contribution in [0.3, 0.4) is 0 Å². The highest BCUT2D eigenvalue weighted by molar-refractivity contribution is 9.10. The number of ether oxygens (including phenoxy) is 1. The van der Waals surface area contributed by atoms with E-state index in [1.165, 1.54) is 6.20 Å². The highest BCUT2D eigenvalue weighted by Crippen LogP contribution is 2.17. The minimum atomic E-state index is -1.81. The van der Waals surface area contributed by atoms with Crippen molar-refractivity contribution in [2.45, 2.75) is 26.4 Å². The predicted octanol–water partition coefficient (Wildman–Crippen LogP) is 1.59. The smallest absolute Gasteiger partial charge is 0.423 e. The van der Waals surface area contributed by atoms with E-state index in [4.69, 9.17) is 9.84 Å². The maximum absolute atomic E-state index is 12.0. The fourth-order valence-corrected chi connectivity index (χ4v) is 1.42. The van der Waals surface area contributed by atoms with E-state index in [9.17, 15) is 14.4 Å². The summed E-state index contributed by atoms with van der Waals surface area (Å²) in [5, 5.41) is 8.77. The second kappa shape index (κ2) is 5.95. The van der Waals surface area contributed by atoms with Crippen LogP contribution in [0.25, 0.3) is 0 Å². The topological polar surface area (TPSA) is 110 Å². The van der Waals surface area contributed by atoms with E-state index in [0.29, 0.717) is 4.90 Å². The zero-order chi connectivity index (χ0) is 15.5. The van der Waals surface area contributed by atoms with Crippen molar-refractivity contribution in [2.24, 2.45) is 0 Å². The first-order valence-corrected chi connectivity index (χ1v) is 6.19. The van der Waals surface area contributed by atoms with Crippen molar-refractivity contribution in [3.8, 4) is 0 Å². The Labute approximate surface area is 122 Å². The van der Waals surface area contributed by atoms with Gasteiger partial charge in [0.05, 0.1) is 12.4 Å². The molecule has 0 aliphatic rings. The quantitative estimate of drug-likeness (QED) is 0.769. The SMILES string of the molecule is CC(C)(C)OC(=O)N(C(=O)C(=O)O)c1cncc(Br)n1. The maximum atomic E-state index is 12.0. The molecule has 0 unspecified atom stereocenters. The molecule has 1 aromatic heterocycles. The predicted molar refractivity (Wildman–Crippen MR) is 71.1 cm³/mol. The van der Waals surface area contributed by atoms with Gasteiger partial charge in [0, 0.05) is 0 Å². The van der Waals surface area contributed by atoms with Crippen LogP contribution in [0.5, 0.6) is 0 Å². The molecular formula is C11H12BrN3O5. The van der Waals surface area contributed by atoms with E-state index < -0.39 is 23.6 Å². The number of amides is 2. The van der Waals surface area contributed by atoms with Gasteiger partial charge in [-0.15, -0.1) is 0 Å². The number of aromatic nitrogens is 2. The molecule has 0 aromatic carbocycles. The fourth-order valence-electron chi connectivity index (χ4n) is 1.12. The Morgan fingerprint density at radius 2 is 1.90 bits per heavy atom. The molecule has 0 aliphatic heterocycles. The van der Waals surface area contributed by atoms with E-state index in [0.717, 1.165) is 6.20 Å². The minimum Gasteiger partial charge on any atom is -0.474 e. The van der Waals surface area contributed by atoms with Gasteiger partial charge in [0.1, 0.15) is 10.2 Å². The summed E-state index contributed by atoms with van der Waals surface area (Å²) >= 11 is 3.02. The summed E-state index contributed by atoms with van der Waals surface area (Å²) in [6.45, 7) is 4.75. The summed E-state index contributed by atoms with van der Waals surface area (Å²) in [6.07, 6.45) is 1.26. The highest BCUT2D eigenvalue weighted by atomic mass is 79.9. The molecule has 1 aromatic rings. The number of imide groups is 1. The minimum absolute atomic E-state index is 0.238. The lowest BCUT2D eigenvalue weighted by molar-refractivity contribution is -0.148. The molecule has 1 rings (SSSR count). The number of hydrogen-bond acceptors (Lipinski definition) is 6. The van der Waals surface area contributed by atoms with Gasteiger partial charge in [-0.3, -0.25) is 9.78 Å². The first kappa shape index (κ1) is 16.0. The van der Waals surface area contributed by atoms with Gasteiger partial charge in [-0.05, 0) is 36.7 Å². The standard InChI is InChI=1S/C11H12BrN3O5/c1-11(2,3)20-10(19)15(8(16)9(17)18)7-5-13-4-6(12)14-7/h4-5H,1-3H3,(H,17,18). The van der Waals surface area contributed by atoms with Gasteiger partial charge >= 0.3 is 18.0 Å². The Balaban J connectivity index is 3.19. The van der Waals surface area contributed by atoms with Crippen LogP contribution in [0.15, 0.2) is 17.0 Å². The van der Waals surface area contributed by atoms with Gasteiger partial charge in [-0.2, -0.15) is 4.90 Å². The summed E-state index contributed by atoms with van der Waals surface area (Å²) in [6, 6.07) is 0. The van der Waals surface area contributed by atoms with E-state index in [1.54, 1.807) is 20.8 Å². The van der Waals surface area contributed by atoms with Crippen LogP contribution in [-0.2, 0) is 14.3 Å². The Kier molecular flexibility index (Phi) is 4.77. The molecule has 0 bridgehead atoms. The van der Waals surface area contributed by atoms with Gasteiger partial charge in [-0.25, -0.2) is 14.6 Å². The molecule has 0 radical (unpaired) electrons. The lowest BCUT2D eigenvalue weighted by Crippen LogP contribution is -2.44. The molecule has 108 valence electrons. The molecule has 20 heavy (non-hydrogen) atoms. The van der Waals surface area contributed by atoms with Crippen LogP contribution in [0.1, 0.15) is 20.8 Å². The van der Waals surface area contributed by atoms with Crippen LogP contribution in [0.4, 0.5) is 10.6 Å². The van der Waals surface area contributed by atoms with Gasteiger partial charge in [0.2, 0.25) is 0 Å². The number of nitrogens with zero attached hydrogens (tertiary/aromatic N) is 3. The van der Waals surface area contributed by atoms with Gasteiger partial charge in [0.15, 0.2) is 5.82 Å². The Morgan fingerprint density at radius 3 is 2.35 bits per heavy atom. The monoisotopic (exact) mass is 345 g/mol. The number of carboxylic acids is 1. The van der Waals surface area contributed by atoms with Crippen LogP contribution >= 0.6 is 15.9 Å². The Bertz CT molecular complexity index is 555. The summed E-state index contributed by atoms with van der Waals surface area (Å²) in [5.41, 5.74) is -0.895. The number of hydrogen-bond donors (Lipinski definition) is 1. The maximum Gasteiger partial charge on any atom is 0.423 e. The van der Waals surface area contributed by atoms with E-state index >= 15 is 0 Å². The van der Waals surface area contributed by atoms with Gasteiger partial charge in [-0.1, -0.05) is 0 Å². The number of halogens is 1. The molecule has 0 saturated carbocycles. The average molecular weight is 346 g/mol. The molecule has 0 fully saturated rings. The lowest BCUT2D eigenvalue weighted by Gasteiger charge is -2.24. The van der Waals surface area contributed by atoms with Crippen molar-refractivity contribution in [3.63, 3.8) is 0 Å². The second-order valence-electron chi connectivity index (χ2n) is 4.63. The number of carboxylic acid groups (broad SMARTS) is 1. The Hall–Kier alpha value is -2.03. The molecule has 0 spiro atoms. The number of aliphatic carboxylic acids is 1. The van der Waals surface area contributed by atoms with Gasteiger partial charge < -0.3 is 9.84 Å². The van der Waals surface area contributed by atoms with Crippen molar-refractivity contribution in [3.05, 3.63) is 17.0 Å². The summed E-state index contributed by atoms with van der Waals surface area (Å²) in [5.74, 6) is -3.54. The lowest BCUT2D eigenvalue weighted by atomic mass is 10.2. The zero-order valence-electron chi connectivity index (χ0n) is 11.0. The Morgan fingerprint density at radius 1 is 1.30 bits per heavy atom. The van der Waals surface area contributed by atoms with Crippen LogP contribution in [0.2, 0.25) is 0 Å². The fraction of sp³-hybridized carbons (Fsp3) is 0.364. The summed E-state index contributed by atoms with van der Waals surface area (Å²) in [7, 11) is 0. The van der Waals surface area contributed by atoms with Crippen molar-refractivity contribution in [2.75, 3.05) is 4.90 Å². The number of anilines is 1. The first-order chi connectivity index (χ1) is 9.11. The van der Waals surface area contributed by atoms with Crippen molar-refractivity contribution >= 4 is 39.7 Å². The third-order valence-electron chi connectivity index (χ3n) is 1.78. The molecule has 0 aliphatic carbocycles. The largest absolute Gasteiger partial charge is 0.474 e. The molecule has 1 N–H and O–H groups in total. The first-order valence-electron chi connectivity index (χ1n) is 5.39. The highest BCUT2D eigenvalue weighted by Gasteiger charge is 2.34. The number of rotatable bonds is 1. The average Bonchev–Trinajstić information content (AvgIpc) is 2.26. The number of carbonyl (C=O) groups is 3. The number of carbonyl (C=O) groups excluding carboxylic acids is 2. The molecular weight excluding hydrogens is 334 g/mol. The molecule has 9 heteroatoms. The van der Waals surface area contributed by atoms with E-state index in [-0.39, 0.29) is 10.4 Å². The third kappa shape index (κ3) is 4.26.